The van der Waals surface area contributed by atoms with Crippen molar-refractivity contribution in [2.24, 2.45) is 5.92 Å². The maximum absolute atomic E-state index is 9.85. The van der Waals surface area contributed by atoms with Crippen LogP contribution in [0, 0.1) is 5.92 Å². The van der Waals surface area contributed by atoms with Gasteiger partial charge in [-0.3, -0.25) is 0 Å². The fraction of sp³-hybridized carbons (Fsp3) is 0.571. The molecule has 0 aliphatic heterocycles. The minimum absolute atomic E-state index is 0.151. The number of benzene rings is 1. The third kappa shape index (κ3) is 2.72. The second kappa shape index (κ2) is 5.41. The van der Waals surface area contributed by atoms with E-state index in [0.717, 1.165) is 42.7 Å². The molecule has 1 saturated carbocycles. The van der Waals surface area contributed by atoms with Crippen molar-refractivity contribution < 1.29 is 14.6 Å². The molecule has 0 bridgehead atoms. The maximum atomic E-state index is 9.85. The molecule has 94 valence electrons. The number of rotatable bonds is 4. The molecule has 0 saturated heterocycles. The number of hydrogen-bond acceptors (Lipinski definition) is 3. The van der Waals surface area contributed by atoms with Crippen LogP contribution in [0.2, 0.25) is 0 Å². The van der Waals surface area contributed by atoms with Crippen LogP contribution in [0.3, 0.4) is 0 Å². The highest BCUT2D eigenvalue weighted by Gasteiger charge is 2.26. The lowest BCUT2D eigenvalue weighted by Crippen LogP contribution is -2.15. The molecule has 1 aromatic carbocycles. The van der Waals surface area contributed by atoms with Gasteiger partial charge in [-0.25, -0.2) is 0 Å². The normalized spacial score (nSPS) is 23.7. The van der Waals surface area contributed by atoms with Gasteiger partial charge in [-0.15, -0.1) is 0 Å². The minimum atomic E-state index is -0.151. The number of ether oxygens (including phenoxy) is 2. The van der Waals surface area contributed by atoms with Gasteiger partial charge >= 0.3 is 0 Å². The fourth-order valence-electron chi connectivity index (χ4n) is 2.56. The molecule has 17 heavy (non-hydrogen) atoms. The Morgan fingerprint density at radius 1 is 1.24 bits per heavy atom. The summed E-state index contributed by atoms with van der Waals surface area (Å²) in [5.41, 5.74) is 1.15. The number of aliphatic hydroxyl groups excluding tert-OH is 1. The first-order chi connectivity index (χ1) is 8.24. The number of hydrogen-bond donors (Lipinski definition) is 1. The topological polar surface area (TPSA) is 38.7 Å². The summed E-state index contributed by atoms with van der Waals surface area (Å²) < 4.78 is 10.5. The van der Waals surface area contributed by atoms with Gasteiger partial charge in [0.15, 0.2) is 0 Å². The van der Waals surface area contributed by atoms with E-state index in [1.807, 2.05) is 18.2 Å². The van der Waals surface area contributed by atoms with Gasteiger partial charge in [-0.2, -0.15) is 0 Å². The average molecular weight is 236 g/mol. The molecule has 1 aliphatic carbocycles. The van der Waals surface area contributed by atoms with Gasteiger partial charge in [0.1, 0.15) is 11.5 Å². The monoisotopic (exact) mass is 236 g/mol. The highest BCUT2D eigenvalue weighted by Crippen LogP contribution is 2.33. The van der Waals surface area contributed by atoms with E-state index in [-0.39, 0.29) is 6.10 Å². The third-order valence-electron chi connectivity index (χ3n) is 3.60. The molecule has 1 aliphatic rings. The van der Waals surface area contributed by atoms with Gasteiger partial charge in [0.05, 0.1) is 20.3 Å². The lowest BCUT2D eigenvalue weighted by molar-refractivity contribution is 0.132. The Morgan fingerprint density at radius 3 is 2.65 bits per heavy atom. The number of aliphatic hydroxyl groups is 1. The Hall–Kier alpha value is -1.22. The van der Waals surface area contributed by atoms with Gasteiger partial charge < -0.3 is 14.6 Å². The van der Waals surface area contributed by atoms with Crippen LogP contribution in [0.15, 0.2) is 18.2 Å². The van der Waals surface area contributed by atoms with Crippen molar-refractivity contribution in [3.05, 3.63) is 23.8 Å². The van der Waals surface area contributed by atoms with E-state index in [2.05, 4.69) is 0 Å². The van der Waals surface area contributed by atoms with Gasteiger partial charge in [0, 0.05) is 6.07 Å². The van der Waals surface area contributed by atoms with Gasteiger partial charge in [-0.05, 0) is 36.8 Å². The average Bonchev–Trinajstić information content (AvgIpc) is 2.75. The van der Waals surface area contributed by atoms with Crippen LogP contribution in [-0.4, -0.2) is 25.4 Å². The van der Waals surface area contributed by atoms with E-state index in [0.29, 0.717) is 5.92 Å². The SMILES string of the molecule is COc1ccc(CC2CCCC2O)c(OC)c1. The smallest absolute Gasteiger partial charge is 0.125 e. The van der Waals surface area contributed by atoms with Crippen LogP contribution in [0.5, 0.6) is 11.5 Å². The van der Waals surface area contributed by atoms with E-state index < -0.39 is 0 Å². The van der Waals surface area contributed by atoms with Crippen molar-refractivity contribution in [3.63, 3.8) is 0 Å². The highest BCUT2D eigenvalue weighted by atomic mass is 16.5. The van der Waals surface area contributed by atoms with Gasteiger partial charge in [0.25, 0.3) is 0 Å². The Labute approximate surface area is 102 Å². The number of methoxy groups -OCH3 is 2. The van der Waals surface area contributed by atoms with Crippen molar-refractivity contribution in [2.75, 3.05) is 14.2 Å². The largest absolute Gasteiger partial charge is 0.497 e. The second-order valence-electron chi connectivity index (χ2n) is 4.64. The first-order valence-electron chi connectivity index (χ1n) is 6.13. The molecule has 0 aromatic heterocycles. The summed E-state index contributed by atoms with van der Waals surface area (Å²) in [4.78, 5) is 0. The molecule has 1 aromatic rings. The standard InChI is InChI=1S/C14H20O3/c1-16-12-7-6-11(14(9-12)17-2)8-10-4-3-5-13(10)15/h6-7,9-10,13,15H,3-5,8H2,1-2H3. The van der Waals surface area contributed by atoms with Crippen molar-refractivity contribution in [1.29, 1.82) is 0 Å². The Morgan fingerprint density at radius 2 is 2.06 bits per heavy atom. The van der Waals surface area contributed by atoms with E-state index in [4.69, 9.17) is 9.47 Å². The van der Waals surface area contributed by atoms with Crippen LogP contribution in [-0.2, 0) is 6.42 Å². The van der Waals surface area contributed by atoms with Gasteiger partial charge in [-0.1, -0.05) is 12.5 Å². The van der Waals surface area contributed by atoms with Crippen molar-refractivity contribution in [1.82, 2.24) is 0 Å². The Bertz CT molecular complexity index is 376. The summed E-state index contributed by atoms with van der Waals surface area (Å²) in [6.07, 6.45) is 3.90. The molecular formula is C14H20O3. The Kier molecular flexibility index (Phi) is 3.89. The zero-order chi connectivity index (χ0) is 12.3. The van der Waals surface area contributed by atoms with Crippen LogP contribution in [0.1, 0.15) is 24.8 Å². The predicted octanol–water partition coefficient (Wildman–Crippen LogP) is 2.41. The van der Waals surface area contributed by atoms with E-state index in [1.165, 1.54) is 0 Å². The molecule has 0 spiro atoms. The van der Waals surface area contributed by atoms with E-state index in [9.17, 15) is 5.11 Å². The van der Waals surface area contributed by atoms with Crippen LogP contribution in [0.4, 0.5) is 0 Å². The molecular weight excluding hydrogens is 216 g/mol. The molecule has 1 fully saturated rings. The molecule has 0 heterocycles. The summed E-state index contributed by atoms with van der Waals surface area (Å²) in [6.45, 7) is 0. The van der Waals surface area contributed by atoms with Crippen LogP contribution >= 0.6 is 0 Å². The molecule has 3 heteroatoms. The summed E-state index contributed by atoms with van der Waals surface area (Å²) in [5, 5.41) is 9.85. The molecule has 0 radical (unpaired) electrons. The van der Waals surface area contributed by atoms with E-state index in [1.54, 1.807) is 14.2 Å². The van der Waals surface area contributed by atoms with Crippen molar-refractivity contribution >= 4 is 0 Å². The predicted molar refractivity (Wildman–Crippen MR) is 66.6 cm³/mol. The highest BCUT2D eigenvalue weighted by molar-refractivity contribution is 5.41. The van der Waals surface area contributed by atoms with Gasteiger partial charge in [0.2, 0.25) is 0 Å². The van der Waals surface area contributed by atoms with Crippen molar-refractivity contribution in [2.45, 2.75) is 31.8 Å². The second-order valence-corrected chi connectivity index (χ2v) is 4.64. The minimum Gasteiger partial charge on any atom is -0.497 e. The summed E-state index contributed by atoms with van der Waals surface area (Å²) >= 11 is 0. The molecule has 2 unspecified atom stereocenters. The maximum Gasteiger partial charge on any atom is 0.125 e. The first kappa shape index (κ1) is 12.2. The molecule has 2 atom stereocenters. The summed E-state index contributed by atoms with van der Waals surface area (Å²) in [5.74, 6) is 2.03. The van der Waals surface area contributed by atoms with E-state index >= 15 is 0 Å². The van der Waals surface area contributed by atoms with Crippen LogP contribution < -0.4 is 9.47 Å². The van der Waals surface area contributed by atoms with Crippen LogP contribution in [0.25, 0.3) is 0 Å². The zero-order valence-corrected chi connectivity index (χ0v) is 10.5. The quantitative estimate of drug-likeness (QED) is 0.872. The molecule has 3 nitrogen and oxygen atoms in total. The fourth-order valence-corrected chi connectivity index (χ4v) is 2.56. The first-order valence-corrected chi connectivity index (χ1v) is 6.13. The lowest BCUT2D eigenvalue weighted by Gasteiger charge is -2.16. The summed E-state index contributed by atoms with van der Waals surface area (Å²) in [7, 11) is 3.32. The molecule has 1 N–H and O–H groups in total. The third-order valence-corrected chi connectivity index (χ3v) is 3.60. The molecule has 0 amide bonds. The molecule has 2 rings (SSSR count). The Balaban J connectivity index is 2.14. The van der Waals surface area contributed by atoms with Crippen molar-refractivity contribution in [3.8, 4) is 11.5 Å². The lowest BCUT2D eigenvalue weighted by atomic mass is 9.95. The summed E-state index contributed by atoms with van der Waals surface area (Å²) in [6, 6.07) is 5.87. The zero-order valence-electron chi connectivity index (χ0n) is 10.5.